The highest BCUT2D eigenvalue weighted by Gasteiger charge is 2.70. The van der Waals surface area contributed by atoms with Gasteiger partial charge in [-0.15, -0.1) is 0 Å². The largest absolute Gasteiger partial charge is 0.471 e. The van der Waals surface area contributed by atoms with E-state index < -0.39 is 47.4 Å². The molecule has 1 aromatic heterocycles. The van der Waals surface area contributed by atoms with Crippen LogP contribution in [0, 0.1) is 40.9 Å². The summed E-state index contributed by atoms with van der Waals surface area (Å²) in [4.78, 5) is 44.9. The summed E-state index contributed by atoms with van der Waals surface area (Å²) in [5.41, 5.74) is -0.240. The van der Waals surface area contributed by atoms with Crippen molar-refractivity contribution in [2.24, 2.45) is 22.7 Å². The van der Waals surface area contributed by atoms with Crippen molar-refractivity contribution < 1.29 is 27.6 Å². The van der Waals surface area contributed by atoms with Crippen molar-refractivity contribution in [1.82, 2.24) is 20.5 Å². The Morgan fingerprint density at radius 3 is 2.38 bits per heavy atom. The van der Waals surface area contributed by atoms with Crippen molar-refractivity contribution in [3.63, 3.8) is 0 Å². The summed E-state index contributed by atoms with van der Waals surface area (Å²) in [6.07, 6.45) is -3.49. The second-order valence-corrected chi connectivity index (χ2v) is 12.1. The van der Waals surface area contributed by atoms with Gasteiger partial charge >= 0.3 is 12.1 Å². The van der Waals surface area contributed by atoms with Crippen LogP contribution in [0.1, 0.15) is 51.9 Å². The molecule has 8 nitrogen and oxygen atoms in total. The molecule has 208 valence electrons. The topological polar surface area (TPSA) is 115 Å². The fraction of sp³-hybridized carbons (Fsp3) is 0.536. The maximum atomic E-state index is 13.8. The molecule has 3 amide bonds. The van der Waals surface area contributed by atoms with Crippen LogP contribution in [-0.2, 0) is 14.4 Å². The van der Waals surface area contributed by atoms with Crippen LogP contribution in [0.3, 0.4) is 0 Å². The van der Waals surface area contributed by atoms with Gasteiger partial charge in [-0.25, -0.2) is 0 Å². The van der Waals surface area contributed by atoms with Gasteiger partial charge in [0.05, 0.1) is 6.07 Å². The van der Waals surface area contributed by atoms with E-state index in [1.807, 2.05) is 43.4 Å². The molecule has 1 saturated heterocycles. The second kappa shape index (κ2) is 9.50. The van der Waals surface area contributed by atoms with Gasteiger partial charge in [0.15, 0.2) is 0 Å². The lowest BCUT2D eigenvalue weighted by Crippen LogP contribution is -2.60. The number of rotatable bonds is 5. The number of aromatic nitrogens is 1. The summed E-state index contributed by atoms with van der Waals surface area (Å²) in [5, 5.41) is 16.2. The minimum absolute atomic E-state index is 0.0439. The molecule has 0 bridgehead atoms. The van der Waals surface area contributed by atoms with Crippen molar-refractivity contribution in [3.05, 3.63) is 41.7 Å². The molecule has 0 radical (unpaired) electrons. The van der Waals surface area contributed by atoms with Gasteiger partial charge in [0.25, 0.3) is 0 Å². The highest BCUT2D eigenvalue weighted by molar-refractivity contribution is 5.95. The molecule has 1 aliphatic heterocycles. The van der Waals surface area contributed by atoms with E-state index in [2.05, 4.69) is 16.4 Å². The van der Waals surface area contributed by atoms with Gasteiger partial charge in [-0.05, 0) is 35.0 Å². The Hall–Kier alpha value is -3.68. The number of piperidine rings is 1. The Labute approximate surface area is 224 Å². The van der Waals surface area contributed by atoms with Crippen LogP contribution in [0.5, 0.6) is 0 Å². The third kappa shape index (κ3) is 5.04. The molecule has 11 heteroatoms. The number of carbonyl (C=O) groups excluding carboxylic acids is 3. The molecule has 1 saturated carbocycles. The Bertz CT molecular complexity index is 1380. The van der Waals surface area contributed by atoms with Gasteiger partial charge in [0.1, 0.15) is 18.1 Å². The molecule has 2 aliphatic rings. The lowest BCUT2D eigenvalue weighted by molar-refractivity contribution is -0.176. The van der Waals surface area contributed by atoms with E-state index >= 15 is 0 Å². The zero-order valence-electron chi connectivity index (χ0n) is 22.7. The van der Waals surface area contributed by atoms with Gasteiger partial charge in [-0.3, -0.25) is 19.4 Å². The lowest BCUT2D eigenvalue weighted by Gasteiger charge is -2.37. The Morgan fingerprint density at radius 1 is 1.15 bits per heavy atom. The summed E-state index contributed by atoms with van der Waals surface area (Å²) >= 11 is 0. The SMILES string of the molecule is Cc1ncc2ccccc2c1C(C#N)NC(=O)[C@@H]1[C@@H]2[C@H](CN1C(=O)[C@@H](NC(=O)C(F)(F)F)C(C)(C)C)C2(C)C. The van der Waals surface area contributed by atoms with Gasteiger partial charge in [-0.1, -0.05) is 58.9 Å². The predicted molar refractivity (Wildman–Crippen MR) is 137 cm³/mol. The van der Waals surface area contributed by atoms with Gasteiger partial charge in [0.2, 0.25) is 11.8 Å². The van der Waals surface area contributed by atoms with E-state index in [0.29, 0.717) is 11.3 Å². The fourth-order valence-electron chi connectivity index (χ4n) is 5.89. The van der Waals surface area contributed by atoms with Crippen molar-refractivity contribution in [3.8, 4) is 6.07 Å². The van der Waals surface area contributed by atoms with Crippen molar-refractivity contribution in [1.29, 1.82) is 5.26 Å². The fourth-order valence-corrected chi connectivity index (χ4v) is 5.89. The quantitative estimate of drug-likeness (QED) is 0.595. The number of amides is 3. The third-order valence-electron chi connectivity index (χ3n) is 8.15. The molecule has 1 unspecified atom stereocenters. The number of halogens is 3. The summed E-state index contributed by atoms with van der Waals surface area (Å²) in [5.74, 6) is -3.84. The molecule has 2 heterocycles. The number of benzene rings is 1. The Morgan fingerprint density at radius 2 is 1.79 bits per heavy atom. The molecule has 2 aromatic rings. The zero-order valence-corrected chi connectivity index (χ0v) is 22.7. The molecular weight excluding hydrogens is 511 g/mol. The first-order valence-electron chi connectivity index (χ1n) is 12.7. The monoisotopic (exact) mass is 543 g/mol. The van der Waals surface area contributed by atoms with Crippen molar-refractivity contribution in [2.45, 2.75) is 65.8 Å². The van der Waals surface area contributed by atoms with Crippen LogP contribution >= 0.6 is 0 Å². The first kappa shape index (κ1) is 28.3. The smallest absolute Gasteiger partial charge is 0.336 e. The highest BCUT2D eigenvalue weighted by atomic mass is 19.4. The number of hydrogen-bond donors (Lipinski definition) is 2. The molecular formula is C28H32F3N5O3. The van der Waals surface area contributed by atoms with Crippen LogP contribution in [0.2, 0.25) is 0 Å². The normalized spacial score (nSPS) is 23.4. The zero-order chi connectivity index (χ0) is 29.1. The minimum Gasteiger partial charge on any atom is -0.336 e. The van der Waals surface area contributed by atoms with E-state index in [-0.39, 0.29) is 23.8 Å². The third-order valence-corrected chi connectivity index (χ3v) is 8.15. The van der Waals surface area contributed by atoms with Gasteiger partial charge in [-0.2, -0.15) is 18.4 Å². The maximum absolute atomic E-state index is 13.8. The van der Waals surface area contributed by atoms with E-state index in [4.69, 9.17) is 0 Å². The van der Waals surface area contributed by atoms with E-state index in [9.17, 15) is 32.8 Å². The summed E-state index contributed by atoms with van der Waals surface area (Å²) in [7, 11) is 0. The van der Waals surface area contributed by atoms with E-state index in [1.165, 1.54) is 4.90 Å². The van der Waals surface area contributed by atoms with E-state index in [1.54, 1.807) is 33.9 Å². The summed E-state index contributed by atoms with van der Waals surface area (Å²) in [6, 6.07) is 5.87. The second-order valence-electron chi connectivity index (χ2n) is 12.1. The predicted octanol–water partition coefficient (Wildman–Crippen LogP) is 3.80. The molecule has 2 fully saturated rings. The number of carbonyl (C=O) groups is 3. The van der Waals surface area contributed by atoms with Crippen LogP contribution in [0.25, 0.3) is 10.8 Å². The average Bonchev–Trinajstić information content (AvgIpc) is 3.16. The molecule has 1 aliphatic carbocycles. The molecule has 1 aromatic carbocycles. The molecule has 2 N–H and O–H groups in total. The number of aryl methyl sites for hydroxylation is 1. The molecule has 5 atom stereocenters. The van der Waals surface area contributed by atoms with Crippen molar-refractivity contribution >= 4 is 28.5 Å². The number of alkyl halides is 3. The lowest BCUT2D eigenvalue weighted by atomic mass is 9.85. The van der Waals surface area contributed by atoms with Crippen LogP contribution in [0.15, 0.2) is 30.5 Å². The van der Waals surface area contributed by atoms with Crippen molar-refractivity contribution in [2.75, 3.05) is 6.54 Å². The van der Waals surface area contributed by atoms with Gasteiger partial charge < -0.3 is 15.5 Å². The number of pyridine rings is 1. The standard InChI is InChI=1S/C28H32F3N5O3/c1-14-19(16-10-8-7-9-15(16)12-33-14)18(11-32)34-23(37)21-20-17(27(20,5)6)13-36(21)24(38)22(26(2,3)4)35-25(39)28(29,30)31/h7-10,12,17-18,20-22H,13H2,1-6H3,(H,34,37)(H,35,39)/t17-,18?,20-,21-,22+/m0/s1. The number of fused-ring (bicyclic) bond motifs is 2. The highest BCUT2D eigenvalue weighted by Crippen LogP contribution is 2.65. The molecule has 0 spiro atoms. The van der Waals surface area contributed by atoms with Crippen LogP contribution < -0.4 is 10.6 Å². The Kier molecular flexibility index (Phi) is 6.90. The minimum atomic E-state index is -5.17. The number of nitrogens with zero attached hydrogens (tertiary/aromatic N) is 3. The van der Waals surface area contributed by atoms with Gasteiger partial charge in [0, 0.05) is 29.4 Å². The maximum Gasteiger partial charge on any atom is 0.471 e. The number of nitriles is 1. The average molecular weight is 544 g/mol. The summed E-state index contributed by atoms with van der Waals surface area (Å²) in [6.45, 7) is 10.5. The van der Waals surface area contributed by atoms with Crippen LogP contribution in [-0.4, -0.2) is 52.4 Å². The molecule has 39 heavy (non-hydrogen) atoms. The first-order chi connectivity index (χ1) is 18.0. The Balaban J connectivity index is 1.66. The number of hydrogen-bond acceptors (Lipinski definition) is 5. The number of likely N-dealkylation sites (tertiary alicyclic amines) is 1. The molecule has 4 rings (SSSR count). The number of nitrogens with one attached hydrogen (secondary N) is 2. The first-order valence-corrected chi connectivity index (χ1v) is 12.7. The summed E-state index contributed by atoms with van der Waals surface area (Å²) < 4.78 is 39.2. The van der Waals surface area contributed by atoms with Crippen LogP contribution in [0.4, 0.5) is 13.2 Å². The van der Waals surface area contributed by atoms with E-state index in [0.717, 1.165) is 10.8 Å².